The Morgan fingerprint density at radius 1 is 1.30 bits per heavy atom. The summed E-state index contributed by atoms with van der Waals surface area (Å²) in [5, 5.41) is 12.0. The smallest absolute Gasteiger partial charge is 0.190 e. The molecule has 1 aliphatic rings. The van der Waals surface area contributed by atoms with Gasteiger partial charge in [-0.15, -0.1) is 24.0 Å². The number of nitrogens with one attached hydrogen (secondary N) is 2. The van der Waals surface area contributed by atoms with Gasteiger partial charge in [0.15, 0.2) is 5.96 Å². The number of aromatic nitrogens is 2. The van der Waals surface area contributed by atoms with Crippen LogP contribution in [-0.4, -0.2) is 54.4 Å². The fourth-order valence-electron chi connectivity index (χ4n) is 4.24. The molecule has 0 amide bonds. The summed E-state index contributed by atoms with van der Waals surface area (Å²) in [5.74, 6) is 1.38. The van der Waals surface area contributed by atoms with Crippen molar-refractivity contribution < 1.29 is 0 Å². The number of piperidine rings is 1. The third-order valence-electron chi connectivity index (χ3n) is 5.65. The van der Waals surface area contributed by atoms with E-state index in [1.807, 2.05) is 37.1 Å². The largest absolute Gasteiger partial charge is 0.356 e. The van der Waals surface area contributed by atoms with E-state index in [1.165, 1.54) is 24.0 Å². The zero-order valence-corrected chi connectivity index (χ0v) is 21.2. The number of hydrogen-bond donors (Lipinski definition) is 2. The molecule has 166 valence electrons. The number of halogens is 2. The molecule has 0 aliphatic carbocycles. The topological polar surface area (TPSA) is 57.5 Å². The summed E-state index contributed by atoms with van der Waals surface area (Å²) in [7, 11) is 5.99. The highest BCUT2D eigenvalue weighted by molar-refractivity contribution is 14.0. The predicted octanol–water partition coefficient (Wildman–Crippen LogP) is 3.87. The third-order valence-corrected chi connectivity index (χ3v) is 5.88. The summed E-state index contributed by atoms with van der Waals surface area (Å²) >= 11 is 6.26. The van der Waals surface area contributed by atoms with Crippen molar-refractivity contribution in [2.24, 2.45) is 18.0 Å². The second-order valence-corrected chi connectivity index (χ2v) is 8.32. The molecular weight excluding hydrogens is 511 g/mol. The number of nitrogens with zero attached hydrogens (tertiary/aromatic N) is 4. The van der Waals surface area contributed by atoms with E-state index in [4.69, 9.17) is 11.6 Å². The Morgan fingerprint density at radius 2 is 2.13 bits per heavy atom. The minimum Gasteiger partial charge on any atom is -0.356 e. The maximum absolute atomic E-state index is 6.26. The number of benzene rings is 1. The maximum atomic E-state index is 6.26. The van der Waals surface area contributed by atoms with Crippen molar-refractivity contribution in [1.29, 1.82) is 0 Å². The lowest BCUT2D eigenvalue weighted by atomic mass is 9.85. The Bertz CT molecular complexity index is 808. The minimum absolute atomic E-state index is 0. The first kappa shape index (κ1) is 24.9. The monoisotopic (exact) mass is 544 g/mol. The van der Waals surface area contributed by atoms with Gasteiger partial charge < -0.3 is 10.6 Å². The number of guanidine groups is 1. The van der Waals surface area contributed by atoms with E-state index < -0.39 is 0 Å². The minimum atomic E-state index is 0. The van der Waals surface area contributed by atoms with Crippen LogP contribution in [0.15, 0.2) is 41.7 Å². The molecule has 0 radical (unpaired) electrons. The first-order chi connectivity index (χ1) is 14.1. The summed E-state index contributed by atoms with van der Waals surface area (Å²) in [4.78, 5) is 6.85. The van der Waals surface area contributed by atoms with E-state index >= 15 is 0 Å². The van der Waals surface area contributed by atoms with Gasteiger partial charge in [0.1, 0.15) is 0 Å². The Morgan fingerprint density at radius 3 is 2.83 bits per heavy atom. The summed E-state index contributed by atoms with van der Waals surface area (Å²) in [6.45, 7) is 2.90. The van der Waals surface area contributed by atoms with Crippen molar-refractivity contribution >= 4 is 41.5 Å². The number of hydrogen-bond acceptors (Lipinski definition) is 3. The van der Waals surface area contributed by atoms with Crippen LogP contribution < -0.4 is 10.6 Å². The van der Waals surface area contributed by atoms with Crippen LogP contribution in [0.25, 0.3) is 0 Å². The molecule has 2 aromatic rings. The summed E-state index contributed by atoms with van der Waals surface area (Å²) < 4.78 is 1.85. The number of likely N-dealkylation sites (tertiary alicyclic amines) is 1. The van der Waals surface area contributed by atoms with Gasteiger partial charge in [-0.3, -0.25) is 14.6 Å². The van der Waals surface area contributed by atoms with Crippen LogP contribution in [0.4, 0.5) is 0 Å². The van der Waals surface area contributed by atoms with E-state index in [0.29, 0.717) is 12.0 Å². The van der Waals surface area contributed by atoms with Crippen LogP contribution in [-0.2, 0) is 13.5 Å². The van der Waals surface area contributed by atoms with Crippen molar-refractivity contribution in [2.45, 2.75) is 31.7 Å². The Hall–Kier alpha value is -1.32. The molecule has 2 unspecified atom stereocenters. The van der Waals surface area contributed by atoms with Crippen molar-refractivity contribution in [1.82, 2.24) is 25.3 Å². The van der Waals surface area contributed by atoms with E-state index in [9.17, 15) is 0 Å². The molecule has 1 fully saturated rings. The van der Waals surface area contributed by atoms with E-state index in [1.54, 1.807) is 0 Å². The number of aliphatic imine (C=N–C) groups is 1. The molecule has 2 atom stereocenters. The molecule has 1 aromatic carbocycles. The lowest BCUT2D eigenvalue weighted by Crippen LogP contribution is -2.45. The van der Waals surface area contributed by atoms with Gasteiger partial charge in [-0.1, -0.05) is 23.7 Å². The van der Waals surface area contributed by atoms with E-state index in [0.717, 1.165) is 43.5 Å². The van der Waals surface area contributed by atoms with Crippen LogP contribution in [0.1, 0.15) is 36.4 Å². The average Bonchev–Trinajstić information content (AvgIpc) is 3.12. The molecule has 1 saturated heterocycles. The molecule has 30 heavy (non-hydrogen) atoms. The van der Waals surface area contributed by atoms with Gasteiger partial charge >= 0.3 is 0 Å². The maximum Gasteiger partial charge on any atom is 0.190 e. The first-order valence-corrected chi connectivity index (χ1v) is 10.8. The Kier molecular flexibility index (Phi) is 10.4. The molecular formula is C22H34ClIN6. The summed E-state index contributed by atoms with van der Waals surface area (Å²) in [6.07, 6.45) is 8.49. The van der Waals surface area contributed by atoms with Gasteiger partial charge in [0.25, 0.3) is 0 Å². The van der Waals surface area contributed by atoms with Crippen LogP contribution in [0.3, 0.4) is 0 Å². The van der Waals surface area contributed by atoms with Gasteiger partial charge in [-0.2, -0.15) is 5.10 Å². The quantitative estimate of drug-likeness (QED) is 0.241. The van der Waals surface area contributed by atoms with E-state index in [-0.39, 0.29) is 24.0 Å². The normalized spacial score (nSPS) is 19.9. The van der Waals surface area contributed by atoms with Gasteiger partial charge in [-0.25, -0.2) is 0 Å². The molecule has 3 rings (SSSR count). The first-order valence-electron chi connectivity index (χ1n) is 10.4. The van der Waals surface area contributed by atoms with Crippen molar-refractivity contribution in [3.05, 3.63) is 52.8 Å². The van der Waals surface area contributed by atoms with Gasteiger partial charge in [0.05, 0.1) is 6.20 Å². The molecule has 1 aromatic heterocycles. The van der Waals surface area contributed by atoms with Gasteiger partial charge in [0.2, 0.25) is 0 Å². The second-order valence-electron chi connectivity index (χ2n) is 7.89. The summed E-state index contributed by atoms with van der Waals surface area (Å²) in [6, 6.07) is 8.66. The standard InChI is InChI=1S/C22H33ClN6.HI/c1-24-22(25-11-5-7-17-14-27-29(3)16-17)26-15-19-9-6-12-28(2)21(19)18-8-4-10-20(23)13-18;/h4,8,10,13-14,16,19,21H,5-7,9,11-12,15H2,1-3H3,(H2,24,25,26);1H. The Balaban J connectivity index is 0.00000320. The highest BCUT2D eigenvalue weighted by Crippen LogP contribution is 2.35. The number of aryl methyl sites for hydroxylation is 2. The highest BCUT2D eigenvalue weighted by atomic mass is 127. The van der Waals surface area contributed by atoms with Crippen LogP contribution >= 0.6 is 35.6 Å². The predicted molar refractivity (Wildman–Crippen MR) is 136 cm³/mol. The Labute approximate surface area is 202 Å². The van der Waals surface area contributed by atoms with Crippen molar-refractivity contribution in [3.8, 4) is 0 Å². The fraction of sp³-hybridized carbons (Fsp3) is 0.545. The van der Waals surface area contributed by atoms with Crippen LogP contribution in [0.2, 0.25) is 5.02 Å². The summed E-state index contributed by atoms with van der Waals surface area (Å²) in [5.41, 5.74) is 2.57. The van der Waals surface area contributed by atoms with Crippen LogP contribution in [0.5, 0.6) is 0 Å². The highest BCUT2D eigenvalue weighted by Gasteiger charge is 2.30. The molecule has 6 nitrogen and oxygen atoms in total. The molecule has 2 heterocycles. The third kappa shape index (κ3) is 7.13. The fourth-order valence-corrected chi connectivity index (χ4v) is 4.44. The molecule has 8 heteroatoms. The van der Waals surface area contributed by atoms with Crippen LogP contribution in [0, 0.1) is 5.92 Å². The van der Waals surface area contributed by atoms with Gasteiger partial charge in [0, 0.05) is 44.4 Å². The molecule has 0 bridgehead atoms. The lowest BCUT2D eigenvalue weighted by Gasteiger charge is -2.40. The van der Waals surface area contributed by atoms with Crippen molar-refractivity contribution in [3.63, 3.8) is 0 Å². The lowest BCUT2D eigenvalue weighted by molar-refractivity contribution is 0.122. The molecule has 2 N–H and O–H groups in total. The van der Waals surface area contributed by atoms with Gasteiger partial charge in [-0.05, 0) is 68.5 Å². The molecule has 0 saturated carbocycles. The SMILES string of the molecule is CN=C(NCCCc1cnn(C)c1)NCC1CCCN(C)C1c1cccc(Cl)c1.I. The molecule has 0 spiro atoms. The molecule has 1 aliphatic heterocycles. The zero-order valence-electron chi connectivity index (χ0n) is 18.1. The zero-order chi connectivity index (χ0) is 20.6. The van der Waals surface area contributed by atoms with Crippen molar-refractivity contribution in [2.75, 3.05) is 33.7 Å². The number of rotatable bonds is 7. The van der Waals surface area contributed by atoms with E-state index in [2.05, 4.69) is 51.0 Å². The second kappa shape index (κ2) is 12.5. The average molecular weight is 545 g/mol.